The molecule has 5 nitrogen and oxygen atoms in total. The number of likely N-dealkylation sites (tertiary alicyclic amines) is 1. The first-order valence-corrected chi connectivity index (χ1v) is 8.13. The van der Waals surface area contributed by atoms with Crippen LogP contribution in [-0.2, 0) is 0 Å². The van der Waals surface area contributed by atoms with E-state index >= 15 is 0 Å². The third-order valence-electron chi connectivity index (χ3n) is 5.20. The van der Waals surface area contributed by atoms with Crippen molar-refractivity contribution in [2.45, 2.75) is 19.3 Å². The van der Waals surface area contributed by atoms with Gasteiger partial charge in [-0.15, -0.1) is 0 Å². The van der Waals surface area contributed by atoms with E-state index in [9.17, 15) is 4.79 Å². The normalized spacial score (nSPS) is 26.3. The van der Waals surface area contributed by atoms with Crippen LogP contribution in [0.1, 0.15) is 29.8 Å². The van der Waals surface area contributed by atoms with Gasteiger partial charge in [0.1, 0.15) is 0 Å². The maximum Gasteiger partial charge on any atom is 0.289 e. The molecule has 2 aromatic rings. The second kappa shape index (κ2) is 5.72. The molecule has 1 saturated heterocycles. The smallest absolute Gasteiger partial charge is 0.289 e. The summed E-state index contributed by atoms with van der Waals surface area (Å²) in [7, 11) is 0. The van der Waals surface area contributed by atoms with Crippen molar-refractivity contribution in [3.8, 4) is 5.88 Å². The van der Waals surface area contributed by atoms with Crippen LogP contribution >= 0.6 is 0 Å². The van der Waals surface area contributed by atoms with Gasteiger partial charge in [0.05, 0.1) is 12.9 Å². The van der Waals surface area contributed by atoms with Gasteiger partial charge in [0.15, 0.2) is 5.76 Å². The van der Waals surface area contributed by atoms with Gasteiger partial charge in [-0.25, -0.2) is 4.98 Å². The van der Waals surface area contributed by atoms with Gasteiger partial charge in [-0.3, -0.25) is 4.79 Å². The van der Waals surface area contributed by atoms with Crippen LogP contribution in [0.2, 0.25) is 0 Å². The Kier molecular flexibility index (Phi) is 3.56. The van der Waals surface area contributed by atoms with Crippen LogP contribution in [-0.4, -0.2) is 35.5 Å². The first-order valence-electron chi connectivity index (χ1n) is 8.13. The molecule has 0 N–H and O–H groups in total. The topological polar surface area (TPSA) is 55.6 Å². The van der Waals surface area contributed by atoms with Gasteiger partial charge in [-0.2, -0.15) is 0 Å². The zero-order chi connectivity index (χ0) is 15.7. The van der Waals surface area contributed by atoms with Gasteiger partial charge in [-0.05, 0) is 37.0 Å². The molecular formula is C18H20N2O3. The highest BCUT2D eigenvalue weighted by molar-refractivity contribution is 5.91. The molecule has 0 aromatic carbocycles. The molecule has 120 valence electrons. The standard InChI is InChI=1S/C18H20N2O3/c21-17(15-6-4-10-22-15)20-11-14-5-3-8-18(14,12-20)13-23-16-7-1-2-9-19-16/h1-2,4,6-7,9-10,14H,3,5,8,11-13H2/t14-,18+/m1/s1. The zero-order valence-electron chi connectivity index (χ0n) is 13.0. The summed E-state index contributed by atoms with van der Waals surface area (Å²) in [5, 5.41) is 0. The molecule has 3 heterocycles. The largest absolute Gasteiger partial charge is 0.477 e. The highest BCUT2D eigenvalue weighted by atomic mass is 16.5. The van der Waals surface area contributed by atoms with E-state index in [0.29, 0.717) is 24.2 Å². The molecule has 5 heteroatoms. The maximum absolute atomic E-state index is 12.5. The lowest BCUT2D eigenvalue weighted by molar-refractivity contribution is 0.0714. The van der Waals surface area contributed by atoms with Gasteiger partial charge < -0.3 is 14.1 Å². The number of rotatable bonds is 4. The van der Waals surface area contributed by atoms with Crippen LogP contribution in [0.25, 0.3) is 0 Å². The van der Waals surface area contributed by atoms with Crippen LogP contribution in [0.4, 0.5) is 0 Å². The number of amides is 1. The van der Waals surface area contributed by atoms with Gasteiger partial charge in [0, 0.05) is 30.8 Å². The fourth-order valence-corrected chi connectivity index (χ4v) is 4.01. The van der Waals surface area contributed by atoms with Crippen molar-refractivity contribution < 1.29 is 13.9 Å². The Morgan fingerprint density at radius 1 is 1.39 bits per heavy atom. The van der Waals surface area contributed by atoms with Crippen molar-refractivity contribution in [3.63, 3.8) is 0 Å². The Morgan fingerprint density at radius 3 is 3.13 bits per heavy atom. The van der Waals surface area contributed by atoms with Crippen LogP contribution in [0.5, 0.6) is 5.88 Å². The van der Waals surface area contributed by atoms with Gasteiger partial charge >= 0.3 is 0 Å². The summed E-state index contributed by atoms with van der Waals surface area (Å²) < 4.78 is 11.2. The summed E-state index contributed by atoms with van der Waals surface area (Å²) in [5.74, 6) is 1.57. The number of fused-ring (bicyclic) bond motifs is 1. The summed E-state index contributed by atoms with van der Waals surface area (Å²) in [6.45, 7) is 2.16. The second-order valence-electron chi connectivity index (χ2n) is 6.57. The Bertz CT molecular complexity index is 671. The lowest BCUT2D eigenvalue weighted by Crippen LogP contribution is -2.35. The monoisotopic (exact) mass is 312 g/mol. The zero-order valence-corrected chi connectivity index (χ0v) is 13.0. The van der Waals surface area contributed by atoms with E-state index in [4.69, 9.17) is 9.15 Å². The molecule has 0 radical (unpaired) electrons. The van der Waals surface area contributed by atoms with Crippen LogP contribution < -0.4 is 4.74 Å². The van der Waals surface area contributed by atoms with Crippen LogP contribution in [0, 0.1) is 11.3 Å². The third-order valence-corrected chi connectivity index (χ3v) is 5.20. The molecule has 0 unspecified atom stereocenters. The summed E-state index contributed by atoms with van der Waals surface area (Å²) >= 11 is 0. The molecule has 1 aliphatic carbocycles. The number of nitrogens with zero attached hydrogens (tertiary/aromatic N) is 2. The van der Waals surface area contributed by atoms with Crippen molar-refractivity contribution in [2.24, 2.45) is 11.3 Å². The lowest BCUT2D eigenvalue weighted by atomic mass is 9.81. The van der Waals surface area contributed by atoms with E-state index in [1.807, 2.05) is 23.1 Å². The summed E-state index contributed by atoms with van der Waals surface area (Å²) in [5.41, 5.74) is 0.0553. The molecule has 4 rings (SSSR count). The van der Waals surface area contributed by atoms with E-state index in [2.05, 4.69) is 4.98 Å². The molecule has 1 aliphatic heterocycles. The van der Waals surface area contributed by atoms with Crippen molar-refractivity contribution >= 4 is 5.91 Å². The fraction of sp³-hybridized carbons (Fsp3) is 0.444. The van der Waals surface area contributed by atoms with E-state index in [-0.39, 0.29) is 11.3 Å². The number of carbonyl (C=O) groups is 1. The Morgan fingerprint density at radius 2 is 2.35 bits per heavy atom. The van der Waals surface area contributed by atoms with Crippen molar-refractivity contribution in [1.82, 2.24) is 9.88 Å². The minimum Gasteiger partial charge on any atom is -0.477 e. The van der Waals surface area contributed by atoms with E-state index in [1.54, 1.807) is 24.6 Å². The van der Waals surface area contributed by atoms with Crippen molar-refractivity contribution in [1.29, 1.82) is 0 Å². The van der Waals surface area contributed by atoms with Crippen molar-refractivity contribution in [3.05, 3.63) is 48.6 Å². The predicted molar refractivity (Wildman–Crippen MR) is 84.1 cm³/mol. The minimum absolute atomic E-state index is 0.0124. The highest BCUT2D eigenvalue weighted by Gasteiger charge is 2.51. The number of hydrogen-bond acceptors (Lipinski definition) is 4. The Balaban J connectivity index is 1.47. The molecule has 0 bridgehead atoms. The summed E-state index contributed by atoms with van der Waals surface area (Å²) in [6.07, 6.45) is 6.75. The molecule has 2 aliphatic rings. The fourth-order valence-electron chi connectivity index (χ4n) is 4.01. The first kappa shape index (κ1) is 14.3. The summed E-state index contributed by atoms with van der Waals surface area (Å²) in [6, 6.07) is 9.16. The predicted octanol–water partition coefficient (Wildman–Crippen LogP) is 3.00. The summed E-state index contributed by atoms with van der Waals surface area (Å²) in [4.78, 5) is 18.7. The molecule has 1 saturated carbocycles. The minimum atomic E-state index is -0.0124. The number of hydrogen-bond donors (Lipinski definition) is 0. The molecule has 0 spiro atoms. The average Bonchev–Trinajstić information content (AvgIpc) is 3.29. The van der Waals surface area contributed by atoms with Crippen LogP contribution in [0.15, 0.2) is 47.2 Å². The molecular weight excluding hydrogens is 292 g/mol. The first-order chi connectivity index (χ1) is 11.3. The Labute approximate surface area is 135 Å². The lowest BCUT2D eigenvalue weighted by Gasteiger charge is -2.28. The number of carbonyl (C=O) groups excluding carboxylic acids is 1. The van der Waals surface area contributed by atoms with E-state index < -0.39 is 0 Å². The number of furan rings is 1. The number of pyridine rings is 1. The molecule has 2 atom stereocenters. The van der Waals surface area contributed by atoms with Gasteiger partial charge in [-0.1, -0.05) is 12.5 Å². The highest BCUT2D eigenvalue weighted by Crippen LogP contribution is 2.49. The number of ether oxygens (including phenoxy) is 1. The van der Waals surface area contributed by atoms with Crippen molar-refractivity contribution in [2.75, 3.05) is 19.7 Å². The average molecular weight is 312 g/mol. The SMILES string of the molecule is O=C(c1ccco1)N1C[C@H]2CCC[C@@]2(COc2ccccn2)C1. The molecule has 23 heavy (non-hydrogen) atoms. The Hall–Kier alpha value is -2.30. The van der Waals surface area contributed by atoms with Crippen LogP contribution in [0.3, 0.4) is 0 Å². The van der Waals surface area contributed by atoms with Gasteiger partial charge in [0.2, 0.25) is 5.88 Å². The quantitative estimate of drug-likeness (QED) is 0.871. The molecule has 2 aromatic heterocycles. The van der Waals surface area contributed by atoms with E-state index in [1.165, 1.54) is 6.42 Å². The maximum atomic E-state index is 12.5. The van der Waals surface area contributed by atoms with Gasteiger partial charge in [0.25, 0.3) is 5.91 Å². The molecule has 2 fully saturated rings. The second-order valence-corrected chi connectivity index (χ2v) is 6.57. The van der Waals surface area contributed by atoms with E-state index in [0.717, 1.165) is 25.9 Å². The number of aromatic nitrogens is 1. The molecule has 1 amide bonds. The third kappa shape index (κ3) is 2.60.